The maximum absolute atomic E-state index is 11.6. The Morgan fingerprint density at radius 2 is 2.26 bits per heavy atom. The van der Waals surface area contributed by atoms with Gasteiger partial charge in [-0.25, -0.2) is 0 Å². The summed E-state index contributed by atoms with van der Waals surface area (Å²) in [7, 11) is 0. The summed E-state index contributed by atoms with van der Waals surface area (Å²) in [6.07, 6.45) is 0.931. The first-order valence-corrected chi connectivity index (χ1v) is 6.85. The van der Waals surface area contributed by atoms with Crippen molar-refractivity contribution >= 4 is 11.6 Å². The number of fused-ring (bicyclic) bond motifs is 1. The molecule has 4 heteroatoms. The number of amides is 1. The van der Waals surface area contributed by atoms with Crippen molar-refractivity contribution in [1.29, 1.82) is 0 Å². The molecule has 4 nitrogen and oxygen atoms in total. The third kappa shape index (κ3) is 4.24. The number of rotatable bonds is 5. The molecule has 2 rings (SSSR count). The van der Waals surface area contributed by atoms with Gasteiger partial charge in [-0.1, -0.05) is 32.0 Å². The van der Waals surface area contributed by atoms with E-state index in [4.69, 9.17) is 4.74 Å². The zero-order valence-corrected chi connectivity index (χ0v) is 11.6. The first-order chi connectivity index (χ1) is 9.15. The van der Waals surface area contributed by atoms with Crippen LogP contribution in [0.25, 0.3) is 0 Å². The molecule has 1 unspecified atom stereocenters. The predicted octanol–water partition coefficient (Wildman–Crippen LogP) is 1.81. The quantitative estimate of drug-likeness (QED) is 0.851. The lowest BCUT2D eigenvalue weighted by Gasteiger charge is -2.26. The number of nitrogens with one attached hydrogen (secondary N) is 2. The summed E-state index contributed by atoms with van der Waals surface area (Å²) >= 11 is 0. The highest BCUT2D eigenvalue weighted by molar-refractivity contribution is 5.77. The molecule has 0 aromatic heterocycles. The van der Waals surface area contributed by atoms with Gasteiger partial charge >= 0.3 is 0 Å². The number of anilines is 1. The van der Waals surface area contributed by atoms with Crippen molar-refractivity contribution in [1.82, 2.24) is 5.32 Å². The van der Waals surface area contributed by atoms with Gasteiger partial charge in [-0.3, -0.25) is 4.79 Å². The zero-order chi connectivity index (χ0) is 13.7. The molecule has 0 fully saturated rings. The lowest BCUT2D eigenvalue weighted by molar-refractivity contribution is -0.127. The van der Waals surface area contributed by atoms with Gasteiger partial charge in [0, 0.05) is 25.2 Å². The maximum atomic E-state index is 11.6. The fraction of sp³-hybridized carbons (Fsp3) is 0.533. The van der Waals surface area contributed by atoms with Crippen LogP contribution in [0.5, 0.6) is 0 Å². The number of benzene rings is 1. The Balaban J connectivity index is 1.75. The van der Waals surface area contributed by atoms with Gasteiger partial charge in [0.2, 0.25) is 5.91 Å². The number of ether oxygens (including phenoxy) is 1. The second-order valence-corrected chi connectivity index (χ2v) is 5.37. The van der Waals surface area contributed by atoms with E-state index in [1.165, 1.54) is 11.3 Å². The molecule has 1 amide bonds. The van der Waals surface area contributed by atoms with Gasteiger partial charge in [-0.2, -0.15) is 0 Å². The van der Waals surface area contributed by atoms with Crippen LogP contribution in [0.15, 0.2) is 24.3 Å². The highest BCUT2D eigenvalue weighted by Gasteiger charge is 2.18. The molecule has 1 aromatic carbocycles. The van der Waals surface area contributed by atoms with Crippen molar-refractivity contribution in [3.05, 3.63) is 29.8 Å². The molecule has 0 bridgehead atoms. The summed E-state index contributed by atoms with van der Waals surface area (Å²) in [5, 5.41) is 6.19. The second-order valence-electron chi connectivity index (χ2n) is 5.37. The third-order valence-corrected chi connectivity index (χ3v) is 3.14. The van der Waals surface area contributed by atoms with Crippen molar-refractivity contribution in [3.8, 4) is 0 Å². The molecule has 2 N–H and O–H groups in total. The zero-order valence-electron chi connectivity index (χ0n) is 11.6. The van der Waals surface area contributed by atoms with E-state index in [9.17, 15) is 4.79 Å². The molecule has 0 saturated carbocycles. The summed E-state index contributed by atoms with van der Waals surface area (Å²) in [4.78, 5) is 11.6. The van der Waals surface area contributed by atoms with Crippen molar-refractivity contribution in [3.63, 3.8) is 0 Å². The van der Waals surface area contributed by atoms with Gasteiger partial charge in [0.15, 0.2) is 0 Å². The van der Waals surface area contributed by atoms with Crippen LogP contribution in [0, 0.1) is 5.92 Å². The lowest BCUT2D eigenvalue weighted by Crippen LogP contribution is -2.36. The van der Waals surface area contributed by atoms with E-state index < -0.39 is 0 Å². The Hall–Kier alpha value is -1.55. The topological polar surface area (TPSA) is 50.4 Å². The van der Waals surface area contributed by atoms with E-state index in [0.29, 0.717) is 12.5 Å². The van der Waals surface area contributed by atoms with Crippen LogP contribution in [-0.4, -0.2) is 31.7 Å². The average Bonchev–Trinajstić information content (AvgIpc) is 2.42. The first kappa shape index (κ1) is 13.9. The van der Waals surface area contributed by atoms with Crippen molar-refractivity contribution < 1.29 is 9.53 Å². The minimum absolute atomic E-state index is 0.0347. The van der Waals surface area contributed by atoms with E-state index in [0.717, 1.165) is 13.0 Å². The summed E-state index contributed by atoms with van der Waals surface area (Å²) in [6, 6.07) is 8.21. The Bertz CT molecular complexity index is 432. The predicted molar refractivity (Wildman–Crippen MR) is 76.2 cm³/mol. The van der Waals surface area contributed by atoms with Crippen LogP contribution < -0.4 is 10.6 Å². The molecule has 1 aromatic rings. The number of para-hydroxylation sites is 1. The van der Waals surface area contributed by atoms with Gasteiger partial charge in [0.25, 0.3) is 0 Å². The molecule has 0 radical (unpaired) electrons. The molecule has 0 aliphatic carbocycles. The van der Waals surface area contributed by atoms with Crippen LogP contribution in [0.4, 0.5) is 5.69 Å². The number of hydrogen-bond donors (Lipinski definition) is 2. The maximum Gasteiger partial charge on any atom is 0.246 e. The van der Waals surface area contributed by atoms with Crippen LogP contribution in [0.3, 0.4) is 0 Å². The monoisotopic (exact) mass is 262 g/mol. The van der Waals surface area contributed by atoms with Gasteiger partial charge < -0.3 is 15.4 Å². The van der Waals surface area contributed by atoms with E-state index in [-0.39, 0.29) is 18.6 Å². The Labute approximate surface area is 114 Å². The Morgan fingerprint density at radius 1 is 1.47 bits per heavy atom. The fourth-order valence-corrected chi connectivity index (χ4v) is 2.09. The largest absolute Gasteiger partial charge is 0.382 e. The molecule has 0 saturated heterocycles. The van der Waals surface area contributed by atoms with E-state index >= 15 is 0 Å². The van der Waals surface area contributed by atoms with Crippen LogP contribution in [0.1, 0.15) is 19.4 Å². The van der Waals surface area contributed by atoms with Gasteiger partial charge in [-0.05, 0) is 17.5 Å². The molecule has 1 aliphatic rings. The number of hydrogen-bond acceptors (Lipinski definition) is 3. The summed E-state index contributed by atoms with van der Waals surface area (Å²) < 4.78 is 5.66. The molecular formula is C15H22N2O2. The van der Waals surface area contributed by atoms with Gasteiger partial charge in [-0.15, -0.1) is 0 Å². The number of carbonyl (C=O) groups is 1. The Kier molecular flexibility index (Phi) is 4.80. The molecular weight excluding hydrogens is 240 g/mol. The summed E-state index contributed by atoms with van der Waals surface area (Å²) in [5.74, 6) is 0.430. The molecule has 1 atom stereocenters. The first-order valence-electron chi connectivity index (χ1n) is 6.85. The fourth-order valence-electron chi connectivity index (χ4n) is 2.09. The second kappa shape index (κ2) is 6.57. The van der Waals surface area contributed by atoms with E-state index in [1.54, 1.807) is 0 Å². The summed E-state index contributed by atoms with van der Waals surface area (Å²) in [5.41, 5.74) is 2.42. The van der Waals surface area contributed by atoms with E-state index in [1.807, 2.05) is 12.1 Å². The smallest absolute Gasteiger partial charge is 0.246 e. The Morgan fingerprint density at radius 3 is 3.05 bits per heavy atom. The van der Waals surface area contributed by atoms with Crippen molar-refractivity contribution in [2.45, 2.75) is 26.4 Å². The van der Waals surface area contributed by atoms with Crippen molar-refractivity contribution in [2.24, 2.45) is 5.92 Å². The highest BCUT2D eigenvalue weighted by Crippen LogP contribution is 2.22. The van der Waals surface area contributed by atoms with Gasteiger partial charge in [0.1, 0.15) is 6.61 Å². The number of carbonyl (C=O) groups excluding carboxylic acids is 1. The van der Waals surface area contributed by atoms with Crippen LogP contribution in [0.2, 0.25) is 0 Å². The minimum Gasteiger partial charge on any atom is -0.382 e. The lowest BCUT2D eigenvalue weighted by atomic mass is 10.0. The normalized spacial score (nSPS) is 17.7. The molecule has 1 heterocycles. The van der Waals surface area contributed by atoms with Crippen LogP contribution in [-0.2, 0) is 16.0 Å². The molecule has 104 valence electrons. The minimum atomic E-state index is -0.0347. The average molecular weight is 262 g/mol. The summed E-state index contributed by atoms with van der Waals surface area (Å²) in [6.45, 7) is 5.75. The molecule has 0 spiro atoms. The van der Waals surface area contributed by atoms with Crippen molar-refractivity contribution in [2.75, 3.05) is 25.0 Å². The standard InChI is InChI=1S/C15H22N2O2/c1-11(2)8-17-15(18)10-19-13-7-12-5-3-4-6-14(12)16-9-13/h3-6,11,13,16H,7-10H2,1-2H3,(H,17,18). The van der Waals surface area contributed by atoms with Crippen LogP contribution >= 0.6 is 0 Å². The molecule has 1 aliphatic heterocycles. The third-order valence-electron chi connectivity index (χ3n) is 3.14. The highest BCUT2D eigenvalue weighted by atomic mass is 16.5. The van der Waals surface area contributed by atoms with Gasteiger partial charge in [0.05, 0.1) is 6.10 Å². The SMILES string of the molecule is CC(C)CNC(=O)COC1CNc2ccccc2C1. The molecule has 19 heavy (non-hydrogen) atoms. The van der Waals surface area contributed by atoms with E-state index in [2.05, 4.69) is 36.6 Å².